The highest BCUT2D eigenvalue weighted by atomic mass is 19.1. The first-order valence-electron chi connectivity index (χ1n) is 6.36. The molecule has 1 amide bonds. The first-order chi connectivity index (χ1) is 8.90. The SMILES string of the molecule is CC(C)CC(CN)CC(=O)Nc1cc(F)cc(F)c1. The Labute approximate surface area is 112 Å². The molecule has 3 nitrogen and oxygen atoms in total. The summed E-state index contributed by atoms with van der Waals surface area (Å²) in [6.45, 7) is 4.54. The van der Waals surface area contributed by atoms with E-state index in [0.717, 1.165) is 24.6 Å². The lowest BCUT2D eigenvalue weighted by atomic mass is 9.94. The molecular weight excluding hydrogens is 250 g/mol. The number of nitrogens with one attached hydrogen (secondary N) is 1. The van der Waals surface area contributed by atoms with Crippen molar-refractivity contribution >= 4 is 11.6 Å². The minimum absolute atomic E-state index is 0.0819. The Morgan fingerprint density at radius 3 is 2.32 bits per heavy atom. The quantitative estimate of drug-likeness (QED) is 0.835. The van der Waals surface area contributed by atoms with E-state index in [0.29, 0.717) is 12.5 Å². The minimum Gasteiger partial charge on any atom is -0.330 e. The number of hydrogen-bond acceptors (Lipinski definition) is 2. The molecule has 1 unspecified atom stereocenters. The van der Waals surface area contributed by atoms with Gasteiger partial charge in [0.15, 0.2) is 0 Å². The van der Waals surface area contributed by atoms with Gasteiger partial charge in [-0.2, -0.15) is 0 Å². The lowest BCUT2D eigenvalue weighted by molar-refractivity contribution is -0.117. The van der Waals surface area contributed by atoms with E-state index in [1.807, 2.05) is 0 Å². The van der Waals surface area contributed by atoms with Gasteiger partial charge in [0.2, 0.25) is 5.91 Å². The Morgan fingerprint density at radius 2 is 1.84 bits per heavy atom. The molecule has 0 bridgehead atoms. The summed E-state index contributed by atoms with van der Waals surface area (Å²) in [5, 5.41) is 2.49. The number of amides is 1. The van der Waals surface area contributed by atoms with Crippen molar-refractivity contribution < 1.29 is 13.6 Å². The average molecular weight is 270 g/mol. The summed E-state index contributed by atoms with van der Waals surface area (Å²) in [6, 6.07) is 2.93. The van der Waals surface area contributed by atoms with E-state index >= 15 is 0 Å². The van der Waals surface area contributed by atoms with Crippen LogP contribution in [0, 0.1) is 23.5 Å². The van der Waals surface area contributed by atoms with E-state index in [1.54, 1.807) is 0 Å². The number of anilines is 1. The van der Waals surface area contributed by atoms with Crippen LogP contribution in [0.5, 0.6) is 0 Å². The number of hydrogen-bond donors (Lipinski definition) is 2. The number of nitrogens with two attached hydrogens (primary N) is 1. The van der Waals surface area contributed by atoms with Gasteiger partial charge in [0.25, 0.3) is 0 Å². The smallest absolute Gasteiger partial charge is 0.224 e. The molecule has 1 aromatic carbocycles. The third-order valence-corrected chi connectivity index (χ3v) is 2.76. The Hall–Kier alpha value is -1.49. The fourth-order valence-electron chi connectivity index (χ4n) is 2.03. The molecule has 0 aliphatic rings. The van der Waals surface area contributed by atoms with Gasteiger partial charge in [-0.05, 0) is 36.9 Å². The van der Waals surface area contributed by atoms with Crippen molar-refractivity contribution in [2.45, 2.75) is 26.7 Å². The van der Waals surface area contributed by atoms with Gasteiger partial charge in [0.05, 0.1) is 0 Å². The Kier molecular flexibility index (Phi) is 5.89. The van der Waals surface area contributed by atoms with Gasteiger partial charge in [-0.25, -0.2) is 8.78 Å². The molecule has 0 saturated carbocycles. The Morgan fingerprint density at radius 1 is 1.26 bits per heavy atom. The van der Waals surface area contributed by atoms with Crippen LogP contribution in [0.25, 0.3) is 0 Å². The molecule has 1 atom stereocenters. The van der Waals surface area contributed by atoms with Crippen LogP contribution in [0.1, 0.15) is 26.7 Å². The number of carbonyl (C=O) groups excluding carboxylic acids is 1. The maximum absolute atomic E-state index is 13.0. The van der Waals surface area contributed by atoms with Crippen molar-refractivity contribution in [1.29, 1.82) is 0 Å². The van der Waals surface area contributed by atoms with E-state index in [1.165, 1.54) is 0 Å². The molecule has 0 heterocycles. The van der Waals surface area contributed by atoms with Gasteiger partial charge < -0.3 is 11.1 Å². The van der Waals surface area contributed by atoms with Crippen molar-refractivity contribution in [2.75, 3.05) is 11.9 Å². The zero-order valence-electron chi connectivity index (χ0n) is 11.2. The van der Waals surface area contributed by atoms with Crippen molar-refractivity contribution in [3.8, 4) is 0 Å². The first-order valence-corrected chi connectivity index (χ1v) is 6.36. The van der Waals surface area contributed by atoms with Gasteiger partial charge in [-0.3, -0.25) is 4.79 Å². The van der Waals surface area contributed by atoms with Gasteiger partial charge in [-0.1, -0.05) is 13.8 Å². The molecule has 0 fully saturated rings. The van der Waals surface area contributed by atoms with E-state index in [-0.39, 0.29) is 23.9 Å². The fourth-order valence-corrected chi connectivity index (χ4v) is 2.03. The maximum Gasteiger partial charge on any atom is 0.224 e. The van der Waals surface area contributed by atoms with Crippen molar-refractivity contribution in [3.63, 3.8) is 0 Å². The molecule has 0 radical (unpaired) electrons. The van der Waals surface area contributed by atoms with Crippen LogP contribution in [0.3, 0.4) is 0 Å². The predicted octanol–water partition coefficient (Wildman–Crippen LogP) is 2.91. The lowest BCUT2D eigenvalue weighted by Crippen LogP contribution is -2.23. The summed E-state index contributed by atoms with van der Waals surface area (Å²) in [4.78, 5) is 11.8. The molecule has 3 N–H and O–H groups in total. The lowest BCUT2D eigenvalue weighted by Gasteiger charge is -2.16. The normalized spacial score (nSPS) is 12.5. The third kappa shape index (κ3) is 5.79. The Balaban J connectivity index is 2.58. The molecule has 1 aromatic rings. The number of halogens is 2. The summed E-state index contributed by atoms with van der Waals surface area (Å²) in [5.74, 6) is -1.17. The topological polar surface area (TPSA) is 55.1 Å². The van der Waals surface area contributed by atoms with Crippen molar-refractivity contribution in [2.24, 2.45) is 17.6 Å². The average Bonchev–Trinajstić information content (AvgIpc) is 2.25. The minimum atomic E-state index is -0.715. The molecule has 19 heavy (non-hydrogen) atoms. The molecule has 106 valence electrons. The second-order valence-electron chi connectivity index (χ2n) is 5.14. The molecular formula is C14H20F2N2O. The van der Waals surface area contributed by atoms with Crippen LogP contribution in [0.2, 0.25) is 0 Å². The first kappa shape index (κ1) is 15.6. The summed E-state index contributed by atoms with van der Waals surface area (Å²) < 4.78 is 25.9. The van der Waals surface area contributed by atoms with Gasteiger partial charge in [0.1, 0.15) is 11.6 Å². The second-order valence-corrected chi connectivity index (χ2v) is 5.14. The highest BCUT2D eigenvalue weighted by Crippen LogP contribution is 2.17. The summed E-state index contributed by atoms with van der Waals surface area (Å²) in [5.41, 5.74) is 5.74. The van der Waals surface area contributed by atoms with E-state index < -0.39 is 11.6 Å². The molecule has 5 heteroatoms. The highest BCUT2D eigenvalue weighted by Gasteiger charge is 2.14. The molecule has 0 saturated heterocycles. The highest BCUT2D eigenvalue weighted by molar-refractivity contribution is 5.90. The summed E-state index contributed by atoms with van der Waals surface area (Å²) in [6.07, 6.45) is 1.11. The van der Waals surface area contributed by atoms with Gasteiger partial charge in [0, 0.05) is 18.2 Å². The number of benzene rings is 1. The molecule has 0 aliphatic carbocycles. The standard InChI is InChI=1S/C14H20F2N2O/c1-9(2)3-10(8-17)4-14(19)18-13-6-11(15)5-12(16)7-13/h5-7,9-10H,3-4,8,17H2,1-2H3,(H,18,19). The van der Waals surface area contributed by atoms with Crippen molar-refractivity contribution in [1.82, 2.24) is 0 Å². The van der Waals surface area contributed by atoms with Gasteiger partial charge >= 0.3 is 0 Å². The monoisotopic (exact) mass is 270 g/mol. The molecule has 0 spiro atoms. The molecule has 1 rings (SSSR count). The maximum atomic E-state index is 13.0. The van der Waals surface area contributed by atoms with E-state index in [2.05, 4.69) is 19.2 Å². The Bertz CT molecular complexity index is 415. The van der Waals surface area contributed by atoms with Crippen LogP contribution >= 0.6 is 0 Å². The van der Waals surface area contributed by atoms with Crippen LogP contribution in [-0.4, -0.2) is 12.5 Å². The second kappa shape index (κ2) is 7.19. The van der Waals surface area contributed by atoms with Crippen molar-refractivity contribution in [3.05, 3.63) is 29.8 Å². The zero-order valence-corrected chi connectivity index (χ0v) is 11.2. The fraction of sp³-hybridized carbons (Fsp3) is 0.500. The zero-order chi connectivity index (χ0) is 14.4. The predicted molar refractivity (Wildman–Crippen MR) is 71.6 cm³/mol. The molecule has 0 aromatic heterocycles. The summed E-state index contributed by atoms with van der Waals surface area (Å²) >= 11 is 0. The van der Waals surface area contributed by atoms with Crippen LogP contribution in [0.15, 0.2) is 18.2 Å². The van der Waals surface area contributed by atoms with E-state index in [9.17, 15) is 13.6 Å². The summed E-state index contributed by atoms with van der Waals surface area (Å²) in [7, 11) is 0. The van der Waals surface area contributed by atoms with Gasteiger partial charge in [-0.15, -0.1) is 0 Å². The largest absolute Gasteiger partial charge is 0.330 e. The molecule has 0 aliphatic heterocycles. The van der Waals surface area contributed by atoms with Crippen LogP contribution < -0.4 is 11.1 Å². The number of carbonyl (C=O) groups is 1. The third-order valence-electron chi connectivity index (χ3n) is 2.76. The van der Waals surface area contributed by atoms with E-state index in [4.69, 9.17) is 5.73 Å². The number of rotatable bonds is 6. The van der Waals surface area contributed by atoms with Crippen LogP contribution in [-0.2, 0) is 4.79 Å². The van der Waals surface area contributed by atoms with Crippen LogP contribution in [0.4, 0.5) is 14.5 Å².